The van der Waals surface area contributed by atoms with Crippen molar-refractivity contribution >= 4 is 17.4 Å². The van der Waals surface area contributed by atoms with Gasteiger partial charge < -0.3 is 15.0 Å². The van der Waals surface area contributed by atoms with Crippen molar-refractivity contribution in [1.82, 2.24) is 14.9 Å². The highest BCUT2D eigenvalue weighted by Gasteiger charge is 2.14. The Bertz CT molecular complexity index is 661. The summed E-state index contributed by atoms with van der Waals surface area (Å²) in [5.41, 5.74) is 1.16. The van der Waals surface area contributed by atoms with Crippen molar-refractivity contribution in [3.8, 4) is 5.75 Å². The molecule has 23 heavy (non-hydrogen) atoms. The summed E-state index contributed by atoms with van der Waals surface area (Å²) >= 11 is 0. The second kappa shape index (κ2) is 8.12. The largest absolute Gasteiger partial charge is 0.495 e. The van der Waals surface area contributed by atoms with Crippen molar-refractivity contribution in [2.45, 2.75) is 19.8 Å². The molecule has 1 aromatic heterocycles. The summed E-state index contributed by atoms with van der Waals surface area (Å²) in [6.07, 6.45) is 3.40. The van der Waals surface area contributed by atoms with E-state index in [9.17, 15) is 4.79 Å². The molecule has 0 saturated heterocycles. The fraction of sp³-hybridized carbons (Fsp3) is 0.353. The molecule has 0 atom stereocenters. The number of rotatable bonds is 7. The molecule has 2 aromatic rings. The number of anilines is 2. The lowest BCUT2D eigenvalue weighted by molar-refractivity contribution is 0.0787. The van der Waals surface area contributed by atoms with Crippen molar-refractivity contribution in [2.24, 2.45) is 0 Å². The van der Waals surface area contributed by atoms with Gasteiger partial charge >= 0.3 is 0 Å². The van der Waals surface area contributed by atoms with Crippen molar-refractivity contribution in [2.75, 3.05) is 26.0 Å². The summed E-state index contributed by atoms with van der Waals surface area (Å²) in [6.45, 7) is 2.81. The molecule has 1 N–H and O–H groups in total. The third kappa shape index (κ3) is 4.42. The molecule has 1 amide bonds. The third-order valence-electron chi connectivity index (χ3n) is 3.45. The van der Waals surface area contributed by atoms with Crippen LogP contribution in [-0.4, -0.2) is 41.5 Å². The van der Waals surface area contributed by atoms with Gasteiger partial charge in [-0.1, -0.05) is 25.5 Å². The minimum atomic E-state index is -0.107. The van der Waals surface area contributed by atoms with Crippen LogP contribution >= 0.6 is 0 Å². The first kappa shape index (κ1) is 16.7. The van der Waals surface area contributed by atoms with Gasteiger partial charge in [-0.3, -0.25) is 4.79 Å². The molecule has 6 nitrogen and oxygen atoms in total. The lowest BCUT2D eigenvalue weighted by atomic mass is 10.2. The number of unbranched alkanes of at least 4 members (excludes halogenated alkanes) is 1. The zero-order valence-corrected chi connectivity index (χ0v) is 13.7. The first-order valence-corrected chi connectivity index (χ1v) is 7.63. The molecule has 0 spiro atoms. The van der Waals surface area contributed by atoms with Crippen LogP contribution in [0.2, 0.25) is 0 Å². The topological polar surface area (TPSA) is 67.4 Å². The second-order valence-corrected chi connectivity index (χ2v) is 5.19. The molecule has 0 aliphatic carbocycles. The second-order valence-electron chi connectivity index (χ2n) is 5.19. The molecule has 0 fully saturated rings. The first-order valence-electron chi connectivity index (χ1n) is 7.63. The molecule has 0 aliphatic rings. The number of carbonyl (C=O) groups is 1. The molecule has 6 heteroatoms. The van der Waals surface area contributed by atoms with Gasteiger partial charge in [-0.25, -0.2) is 9.97 Å². The minimum absolute atomic E-state index is 0.107. The molecule has 0 unspecified atom stereocenters. The number of hydrogen-bond acceptors (Lipinski definition) is 5. The summed E-state index contributed by atoms with van der Waals surface area (Å²) in [5, 5.41) is 3.15. The number of hydrogen-bond donors (Lipinski definition) is 1. The number of amides is 1. The molecule has 1 heterocycles. The normalized spacial score (nSPS) is 10.2. The lowest BCUT2D eigenvalue weighted by Gasteiger charge is -2.16. The number of nitrogens with one attached hydrogen (secondary N) is 1. The number of nitrogens with zero attached hydrogens (tertiary/aromatic N) is 3. The number of methoxy groups -OCH3 is 1. The van der Waals surface area contributed by atoms with Gasteiger partial charge in [-0.2, -0.15) is 0 Å². The van der Waals surface area contributed by atoms with Crippen LogP contribution in [0.4, 0.5) is 11.5 Å². The Morgan fingerprint density at radius 3 is 2.83 bits per heavy atom. The third-order valence-corrected chi connectivity index (χ3v) is 3.45. The van der Waals surface area contributed by atoms with E-state index < -0.39 is 0 Å². The Labute approximate surface area is 136 Å². The zero-order chi connectivity index (χ0) is 16.7. The summed E-state index contributed by atoms with van der Waals surface area (Å²) < 4.78 is 5.30. The number of carbonyl (C=O) groups excluding carboxylic acids is 1. The van der Waals surface area contributed by atoms with E-state index in [2.05, 4.69) is 22.2 Å². The Kier molecular flexibility index (Phi) is 5.91. The van der Waals surface area contributed by atoms with E-state index in [1.165, 1.54) is 6.33 Å². The molecule has 122 valence electrons. The van der Waals surface area contributed by atoms with Crippen molar-refractivity contribution in [1.29, 1.82) is 0 Å². The van der Waals surface area contributed by atoms with Crippen LogP contribution in [-0.2, 0) is 0 Å². The highest BCUT2D eigenvalue weighted by molar-refractivity contribution is 5.92. The Hall–Kier alpha value is -2.63. The summed E-state index contributed by atoms with van der Waals surface area (Å²) in [7, 11) is 3.39. The number of para-hydroxylation sites is 2. The summed E-state index contributed by atoms with van der Waals surface area (Å²) in [4.78, 5) is 22.3. The molecule has 0 radical (unpaired) electrons. The smallest absolute Gasteiger partial charge is 0.272 e. The number of benzene rings is 1. The van der Waals surface area contributed by atoms with Crippen molar-refractivity contribution in [3.63, 3.8) is 0 Å². The van der Waals surface area contributed by atoms with E-state index in [4.69, 9.17) is 4.74 Å². The highest BCUT2D eigenvalue weighted by atomic mass is 16.5. The minimum Gasteiger partial charge on any atom is -0.495 e. The van der Waals surface area contributed by atoms with E-state index >= 15 is 0 Å². The Morgan fingerprint density at radius 2 is 2.09 bits per heavy atom. The van der Waals surface area contributed by atoms with Gasteiger partial charge in [0.15, 0.2) is 0 Å². The van der Waals surface area contributed by atoms with Crippen LogP contribution < -0.4 is 10.1 Å². The van der Waals surface area contributed by atoms with E-state index in [1.807, 2.05) is 24.3 Å². The monoisotopic (exact) mass is 314 g/mol. The number of ether oxygens (including phenoxy) is 1. The van der Waals surface area contributed by atoms with Gasteiger partial charge in [0.05, 0.1) is 12.8 Å². The zero-order valence-electron chi connectivity index (χ0n) is 13.7. The van der Waals surface area contributed by atoms with Crippen LogP contribution in [0.15, 0.2) is 36.7 Å². The summed E-state index contributed by atoms with van der Waals surface area (Å²) in [5.74, 6) is 1.15. The average Bonchev–Trinajstić information content (AvgIpc) is 2.59. The van der Waals surface area contributed by atoms with Crippen LogP contribution in [0.1, 0.15) is 30.3 Å². The molecule has 0 bridgehead atoms. The average molecular weight is 314 g/mol. The predicted octanol–water partition coefficient (Wildman–Crippen LogP) is 3.10. The van der Waals surface area contributed by atoms with Crippen LogP contribution in [0, 0.1) is 0 Å². The van der Waals surface area contributed by atoms with Gasteiger partial charge in [0.1, 0.15) is 23.6 Å². The molecule has 1 aromatic carbocycles. The van der Waals surface area contributed by atoms with Crippen molar-refractivity contribution in [3.05, 3.63) is 42.4 Å². The maximum atomic E-state index is 12.4. The quantitative estimate of drug-likeness (QED) is 0.850. The maximum Gasteiger partial charge on any atom is 0.272 e. The van der Waals surface area contributed by atoms with Gasteiger partial charge in [0, 0.05) is 19.7 Å². The molecule has 0 saturated carbocycles. The highest BCUT2D eigenvalue weighted by Crippen LogP contribution is 2.26. The summed E-state index contributed by atoms with van der Waals surface area (Å²) in [6, 6.07) is 9.18. The molecule has 2 rings (SSSR count). The van der Waals surface area contributed by atoms with E-state index in [-0.39, 0.29) is 5.91 Å². The van der Waals surface area contributed by atoms with Gasteiger partial charge in [-0.15, -0.1) is 0 Å². The Balaban J connectivity index is 2.15. The first-order chi connectivity index (χ1) is 11.2. The number of aromatic nitrogens is 2. The van der Waals surface area contributed by atoms with E-state index in [0.717, 1.165) is 18.5 Å². The van der Waals surface area contributed by atoms with Crippen LogP contribution in [0.3, 0.4) is 0 Å². The van der Waals surface area contributed by atoms with Crippen molar-refractivity contribution < 1.29 is 9.53 Å². The van der Waals surface area contributed by atoms with Gasteiger partial charge in [0.25, 0.3) is 5.91 Å². The van der Waals surface area contributed by atoms with E-state index in [0.29, 0.717) is 23.8 Å². The van der Waals surface area contributed by atoms with Gasteiger partial charge in [-0.05, 0) is 18.6 Å². The lowest BCUT2D eigenvalue weighted by Crippen LogP contribution is -2.28. The van der Waals surface area contributed by atoms with Gasteiger partial charge in [0.2, 0.25) is 0 Å². The van der Waals surface area contributed by atoms with Crippen LogP contribution in [0.25, 0.3) is 0 Å². The fourth-order valence-corrected chi connectivity index (χ4v) is 2.12. The molecule has 0 aliphatic heterocycles. The van der Waals surface area contributed by atoms with Crippen LogP contribution in [0.5, 0.6) is 5.75 Å². The predicted molar refractivity (Wildman–Crippen MR) is 90.2 cm³/mol. The maximum absolute atomic E-state index is 12.4. The molecular formula is C17H22N4O2. The molecular weight excluding hydrogens is 292 g/mol. The fourth-order valence-electron chi connectivity index (χ4n) is 2.12. The van der Waals surface area contributed by atoms with E-state index in [1.54, 1.807) is 25.1 Å². The SMILES string of the molecule is CCCCN(C)C(=O)c1cc(Nc2ccccc2OC)ncn1. The Morgan fingerprint density at radius 1 is 1.30 bits per heavy atom. The standard InChI is InChI=1S/C17H22N4O2/c1-4-5-10-21(2)17(22)14-11-16(19-12-18-14)20-13-8-6-7-9-15(13)23-3/h6-9,11-12H,4-5,10H2,1-3H3,(H,18,19,20).